The van der Waals surface area contributed by atoms with E-state index in [0.717, 1.165) is 18.2 Å². The predicted octanol–water partition coefficient (Wildman–Crippen LogP) is 11.3. The van der Waals surface area contributed by atoms with Crippen molar-refractivity contribution in [2.75, 3.05) is 4.90 Å². The van der Waals surface area contributed by atoms with Crippen LogP contribution in [0.4, 0.5) is 96.1 Å². The lowest BCUT2D eigenvalue weighted by Gasteiger charge is -2.36. The van der Waals surface area contributed by atoms with Gasteiger partial charge in [-0.15, -0.1) is 0 Å². The number of hydrogen-bond donors (Lipinski definition) is 0. The Balaban J connectivity index is 2.95. The average molecular weight is 653 g/mol. The van der Waals surface area contributed by atoms with Gasteiger partial charge in [-0.2, -0.15) is 79.0 Å². The van der Waals surface area contributed by atoms with Crippen molar-refractivity contribution in [3.8, 4) is 0 Å². The minimum absolute atomic E-state index is 0.0191. The summed E-state index contributed by atoms with van der Waals surface area (Å²) in [4.78, 5) is -0.890. The van der Waals surface area contributed by atoms with Gasteiger partial charge in [0.2, 0.25) is 0 Å². The van der Waals surface area contributed by atoms with Crippen LogP contribution >= 0.6 is 0 Å². The molecule has 3 rings (SSSR count). The zero-order chi connectivity index (χ0) is 33.1. The van der Waals surface area contributed by atoms with Crippen molar-refractivity contribution in [3.05, 3.63) is 88.0 Å². The second-order valence-electron chi connectivity index (χ2n) is 8.40. The van der Waals surface area contributed by atoms with Crippen molar-refractivity contribution in [2.24, 2.45) is 0 Å². The van der Waals surface area contributed by atoms with Crippen LogP contribution in [0, 0.1) is 0 Å². The monoisotopic (exact) mass is 653 g/mol. The fraction of sp³-hybridized carbons (Fsp3) is 0.250. The Bertz CT molecular complexity index is 1420. The number of para-hydroxylation sites is 2. The third-order valence-corrected chi connectivity index (χ3v) is 5.58. The summed E-state index contributed by atoms with van der Waals surface area (Å²) >= 11 is 0. The van der Waals surface area contributed by atoms with Crippen LogP contribution in [-0.2, 0) is 37.1 Å². The quantitative estimate of drug-likeness (QED) is 0.254. The third-order valence-electron chi connectivity index (χ3n) is 5.58. The lowest BCUT2D eigenvalue weighted by atomic mass is 9.86. The van der Waals surface area contributed by atoms with Crippen molar-refractivity contribution in [3.63, 3.8) is 0 Å². The Morgan fingerprint density at radius 1 is 0.349 bits per heavy atom. The van der Waals surface area contributed by atoms with Crippen molar-refractivity contribution in [1.82, 2.24) is 0 Å². The van der Waals surface area contributed by atoms with E-state index in [9.17, 15) is 79.0 Å². The van der Waals surface area contributed by atoms with Crippen molar-refractivity contribution >= 4 is 17.1 Å². The highest BCUT2D eigenvalue weighted by molar-refractivity contribution is 5.85. The number of hydrogen-bond acceptors (Lipinski definition) is 1. The summed E-state index contributed by atoms with van der Waals surface area (Å²) in [7, 11) is 0. The molecular formula is C24H9F18N. The van der Waals surface area contributed by atoms with E-state index >= 15 is 0 Å². The maximum Gasteiger partial charge on any atom is 0.419 e. The molecule has 0 radical (unpaired) electrons. The first-order valence-corrected chi connectivity index (χ1v) is 10.8. The lowest BCUT2D eigenvalue weighted by Crippen LogP contribution is -2.34. The van der Waals surface area contributed by atoms with Gasteiger partial charge >= 0.3 is 37.1 Å². The van der Waals surface area contributed by atoms with E-state index in [1.165, 1.54) is 0 Å². The molecule has 0 unspecified atom stereocenters. The van der Waals surface area contributed by atoms with Gasteiger partial charge in [-0.05, 0) is 24.3 Å². The molecule has 0 aliphatic carbocycles. The first kappa shape index (κ1) is 33.7. The minimum atomic E-state index is -7.16. The summed E-state index contributed by atoms with van der Waals surface area (Å²) < 4.78 is 253. The summed E-state index contributed by atoms with van der Waals surface area (Å²) in [5.41, 5.74) is -29.5. The number of benzene rings is 3. The molecule has 0 N–H and O–H groups in total. The second kappa shape index (κ2) is 10.4. The lowest BCUT2D eigenvalue weighted by molar-refractivity contribution is -0.188. The van der Waals surface area contributed by atoms with Gasteiger partial charge in [0.25, 0.3) is 0 Å². The first-order chi connectivity index (χ1) is 19.2. The van der Waals surface area contributed by atoms with Crippen LogP contribution in [0.2, 0.25) is 0 Å². The number of alkyl halides is 18. The van der Waals surface area contributed by atoms with E-state index in [2.05, 4.69) is 0 Å². The van der Waals surface area contributed by atoms with Gasteiger partial charge in [0.1, 0.15) is 0 Å². The maximum absolute atomic E-state index is 14.4. The van der Waals surface area contributed by atoms with Crippen molar-refractivity contribution < 1.29 is 79.0 Å². The standard InChI is InChI=1S/C24H9F18N/c25-19(26,27)11-8-4-5-9-12(11)43(10-6-2-1-3-7-10)18-16(23(37,38)39)14(21(31,32)33)13(20(28,29)30)15(22(34,35)36)17(18)24(40,41)42/h1-9H. The molecular weight excluding hydrogens is 644 g/mol. The molecule has 0 aromatic heterocycles. The van der Waals surface area contributed by atoms with E-state index in [4.69, 9.17) is 0 Å². The summed E-state index contributed by atoms with van der Waals surface area (Å²) in [5, 5.41) is 0. The SMILES string of the molecule is FC(F)(F)c1ccccc1N(c1ccccc1)c1c(C(F)(F)F)c(C(F)(F)F)c(C(F)(F)F)c(C(F)(F)F)c1C(F)(F)F. The molecule has 0 spiro atoms. The Hall–Kier alpha value is -3.80. The predicted molar refractivity (Wildman–Crippen MR) is 111 cm³/mol. The molecule has 0 aliphatic rings. The average Bonchev–Trinajstić information content (AvgIpc) is 2.80. The Morgan fingerprint density at radius 2 is 0.674 bits per heavy atom. The molecule has 236 valence electrons. The van der Waals surface area contributed by atoms with Crippen LogP contribution in [-0.4, -0.2) is 0 Å². The Labute approximate surface area is 226 Å². The van der Waals surface area contributed by atoms with Gasteiger partial charge in [-0.3, -0.25) is 0 Å². The summed E-state index contributed by atoms with van der Waals surface area (Å²) in [6.45, 7) is 0. The first-order valence-electron chi connectivity index (χ1n) is 10.8. The minimum Gasteiger partial charge on any atom is -0.309 e. The number of halogens is 18. The van der Waals surface area contributed by atoms with Crippen LogP contribution in [0.3, 0.4) is 0 Å². The summed E-state index contributed by atoms with van der Waals surface area (Å²) in [6, 6.07) is 4.40. The summed E-state index contributed by atoms with van der Waals surface area (Å²) in [5.74, 6) is 0. The number of rotatable bonds is 3. The van der Waals surface area contributed by atoms with Crippen molar-refractivity contribution in [2.45, 2.75) is 37.1 Å². The molecule has 3 aromatic rings. The van der Waals surface area contributed by atoms with Crippen LogP contribution < -0.4 is 4.90 Å². The van der Waals surface area contributed by atoms with Crippen molar-refractivity contribution in [1.29, 1.82) is 0 Å². The van der Waals surface area contributed by atoms with E-state index in [1.807, 2.05) is 0 Å². The maximum atomic E-state index is 14.4. The number of anilines is 3. The fourth-order valence-electron chi connectivity index (χ4n) is 4.24. The highest BCUT2D eigenvalue weighted by Crippen LogP contribution is 2.61. The van der Waals surface area contributed by atoms with Gasteiger partial charge in [-0.25, -0.2) is 0 Å². The topological polar surface area (TPSA) is 3.24 Å². The highest BCUT2D eigenvalue weighted by atomic mass is 19.4. The molecule has 0 saturated heterocycles. The van der Waals surface area contributed by atoms with Crippen LogP contribution in [0.15, 0.2) is 54.6 Å². The fourth-order valence-corrected chi connectivity index (χ4v) is 4.24. The molecule has 0 aliphatic heterocycles. The molecule has 0 atom stereocenters. The Morgan fingerprint density at radius 3 is 1.02 bits per heavy atom. The molecule has 1 nitrogen and oxygen atoms in total. The highest BCUT2D eigenvalue weighted by Gasteiger charge is 2.61. The molecule has 43 heavy (non-hydrogen) atoms. The zero-order valence-corrected chi connectivity index (χ0v) is 19.9. The largest absolute Gasteiger partial charge is 0.419 e. The van der Waals surface area contributed by atoms with Gasteiger partial charge in [-0.1, -0.05) is 30.3 Å². The van der Waals surface area contributed by atoms with Crippen LogP contribution in [0.1, 0.15) is 33.4 Å². The van der Waals surface area contributed by atoms with Crippen LogP contribution in [0.25, 0.3) is 0 Å². The molecule has 3 aromatic carbocycles. The number of nitrogens with zero attached hydrogens (tertiary/aromatic N) is 1. The summed E-state index contributed by atoms with van der Waals surface area (Å²) in [6.07, 6.45) is -41.0. The smallest absolute Gasteiger partial charge is 0.309 e. The molecule has 0 bridgehead atoms. The van der Waals surface area contributed by atoms with Gasteiger partial charge in [0.15, 0.2) is 0 Å². The van der Waals surface area contributed by atoms with E-state index in [0.29, 0.717) is 24.3 Å². The molecule has 0 amide bonds. The van der Waals surface area contributed by atoms with Crippen LogP contribution in [0.5, 0.6) is 0 Å². The molecule has 0 heterocycles. The molecule has 0 fully saturated rings. The van der Waals surface area contributed by atoms with E-state index < -0.39 is 92.4 Å². The van der Waals surface area contributed by atoms with Gasteiger partial charge in [0, 0.05) is 5.69 Å². The molecule has 0 saturated carbocycles. The zero-order valence-electron chi connectivity index (χ0n) is 19.9. The molecule has 19 heteroatoms. The second-order valence-corrected chi connectivity index (χ2v) is 8.40. The van der Waals surface area contributed by atoms with E-state index in [-0.39, 0.29) is 12.1 Å². The Kier molecular flexibility index (Phi) is 8.17. The van der Waals surface area contributed by atoms with E-state index in [1.54, 1.807) is 0 Å². The van der Waals surface area contributed by atoms with Gasteiger partial charge < -0.3 is 4.90 Å². The normalized spacial score (nSPS) is 13.8. The van der Waals surface area contributed by atoms with Gasteiger partial charge in [0.05, 0.1) is 44.8 Å². The third kappa shape index (κ3) is 6.58.